The number of H-pyrrole nitrogens is 1. The molecule has 0 saturated carbocycles. The number of carbonyl (C=O) groups excluding carboxylic acids is 1. The van der Waals surface area contributed by atoms with E-state index in [2.05, 4.69) is 15.3 Å². The number of pyridine rings is 1. The number of aromatic nitrogens is 2. The number of carboxylic acids is 1. The molecule has 0 aliphatic heterocycles. The van der Waals surface area contributed by atoms with Crippen LogP contribution in [0.5, 0.6) is 11.5 Å². The predicted molar refractivity (Wildman–Crippen MR) is 186 cm³/mol. The van der Waals surface area contributed by atoms with E-state index >= 15 is 8.78 Å². The van der Waals surface area contributed by atoms with E-state index in [1.165, 1.54) is 6.07 Å². The van der Waals surface area contributed by atoms with Crippen molar-refractivity contribution in [3.05, 3.63) is 125 Å². The van der Waals surface area contributed by atoms with Gasteiger partial charge in [0.25, 0.3) is 5.91 Å². The fraction of sp³-hybridized carbons (Fsp3) is 0.205. The van der Waals surface area contributed by atoms with E-state index in [9.17, 15) is 14.7 Å². The minimum Gasteiger partial charge on any atom is -0.496 e. The molecule has 3 N–H and O–H groups in total. The molecule has 4 aromatic carbocycles. The summed E-state index contributed by atoms with van der Waals surface area (Å²) >= 11 is 0. The Hall–Kier alpha value is -5.81. The van der Waals surface area contributed by atoms with Crippen molar-refractivity contribution in [1.29, 1.82) is 0 Å². The Morgan fingerprint density at radius 1 is 0.920 bits per heavy atom. The van der Waals surface area contributed by atoms with Crippen molar-refractivity contribution in [3.8, 4) is 22.6 Å². The van der Waals surface area contributed by atoms with Crippen LogP contribution < -0.4 is 14.8 Å². The standard InChI is InChI=1S/C39H35F2N3O6/c1-4-50-21-23-16-32(48-2)34(33(17-23)49-3)27-13-12-24(26-11-8-14-42-37(26)27)18-31(39(46)47)44-38(45)35-29(40)20-30-28(36(35)41)19-25(43-30)15-22-9-6-5-7-10-22/h5-14,16-17,19-20,31,43H,4,15,18,21H2,1-3H3,(H,44,45)(H,46,47)/t31-/m0/s1. The number of ether oxygens (including phenoxy) is 3. The first-order chi connectivity index (χ1) is 24.2. The SMILES string of the molecule is CCOCc1cc(OC)c(-c2ccc(C[C@H](NC(=O)c3c(F)cc4[nH]c(Cc5ccccc5)cc4c3F)C(=O)O)c3cccnc23)c(OC)c1. The molecule has 6 aromatic rings. The van der Waals surface area contributed by atoms with Crippen LogP contribution >= 0.6 is 0 Å². The van der Waals surface area contributed by atoms with E-state index in [-0.39, 0.29) is 17.3 Å². The highest BCUT2D eigenvalue weighted by Gasteiger charge is 2.28. The first-order valence-corrected chi connectivity index (χ1v) is 16.0. The minimum atomic E-state index is -1.52. The first kappa shape index (κ1) is 34.1. The van der Waals surface area contributed by atoms with Gasteiger partial charge in [-0.25, -0.2) is 13.6 Å². The van der Waals surface area contributed by atoms with E-state index in [0.717, 1.165) is 17.2 Å². The van der Waals surface area contributed by atoms with Crippen molar-refractivity contribution in [1.82, 2.24) is 15.3 Å². The lowest BCUT2D eigenvalue weighted by molar-refractivity contribution is -0.139. The van der Waals surface area contributed by atoms with Crippen LogP contribution in [0, 0.1) is 11.6 Å². The molecule has 0 radical (unpaired) electrons. The lowest BCUT2D eigenvalue weighted by atomic mass is 9.93. The minimum absolute atomic E-state index is 0.0267. The number of aromatic amines is 1. The summed E-state index contributed by atoms with van der Waals surface area (Å²) in [5.74, 6) is -3.68. The summed E-state index contributed by atoms with van der Waals surface area (Å²) in [6.45, 7) is 2.82. The number of benzene rings is 4. The Bertz CT molecular complexity index is 2180. The molecule has 0 aliphatic carbocycles. The lowest BCUT2D eigenvalue weighted by Crippen LogP contribution is -2.43. The van der Waals surface area contributed by atoms with Crippen molar-refractivity contribution in [2.45, 2.75) is 32.4 Å². The Morgan fingerprint density at radius 2 is 1.66 bits per heavy atom. The summed E-state index contributed by atoms with van der Waals surface area (Å²) in [4.78, 5) is 33.4. The lowest BCUT2D eigenvalue weighted by Gasteiger charge is -2.19. The van der Waals surface area contributed by atoms with Gasteiger partial charge in [-0.05, 0) is 53.9 Å². The fourth-order valence-corrected chi connectivity index (χ4v) is 6.18. The zero-order valence-corrected chi connectivity index (χ0v) is 27.7. The van der Waals surface area contributed by atoms with Crippen molar-refractivity contribution in [2.24, 2.45) is 0 Å². The Labute approximate surface area is 286 Å². The fourth-order valence-electron chi connectivity index (χ4n) is 6.18. The largest absolute Gasteiger partial charge is 0.496 e. The zero-order valence-electron chi connectivity index (χ0n) is 27.7. The maximum atomic E-state index is 15.7. The number of amides is 1. The summed E-state index contributed by atoms with van der Waals surface area (Å²) in [6.07, 6.45) is 1.87. The van der Waals surface area contributed by atoms with Gasteiger partial charge in [-0.1, -0.05) is 48.5 Å². The van der Waals surface area contributed by atoms with E-state index in [1.807, 2.05) is 49.4 Å². The molecule has 9 nitrogen and oxygen atoms in total. The molecular weight excluding hydrogens is 644 g/mol. The molecule has 2 heterocycles. The van der Waals surface area contributed by atoms with Gasteiger partial charge >= 0.3 is 5.97 Å². The first-order valence-electron chi connectivity index (χ1n) is 16.0. The van der Waals surface area contributed by atoms with Crippen molar-refractivity contribution >= 4 is 33.7 Å². The number of rotatable bonds is 13. The second-order valence-electron chi connectivity index (χ2n) is 11.7. The normalized spacial score (nSPS) is 11.9. The maximum absolute atomic E-state index is 15.7. The van der Waals surface area contributed by atoms with E-state index < -0.39 is 35.1 Å². The molecule has 50 heavy (non-hydrogen) atoms. The summed E-state index contributed by atoms with van der Waals surface area (Å²) in [5.41, 5.74) is 4.18. The molecule has 11 heteroatoms. The number of hydrogen-bond acceptors (Lipinski definition) is 6. The number of nitrogens with one attached hydrogen (secondary N) is 2. The predicted octanol–water partition coefficient (Wildman–Crippen LogP) is 7.23. The van der Waals surface area contributed by atoms with E-state index in [4.69, 9.17) is 14.2 Å². The van der Waals surface area contributed by atoms with Gasteiger partial charge in [0.05, 0.1) is 37.4 Å². The van der Waals surface area contributed by atoms with Crippen LogP contribution in [0.1, 0.15) is 39.7 Å². The number of methoxy groups -OCH3 is 2. The number of carboxylic acid groups (broad SMARTS) is 1. The molecule has 256 valence electrons. The maximum Gasteiger partial charge on any atom is 0.326 e. The molecule has 0 aliphatic rings. The average molecular weight is 680 g/mol. The van der Waals surface area contributed by atoms with Crippen LogP contribution in [0.4, 0.5) is 8.78 Å². The quantitative estimate of drug-likeness (QED) is 0.118. The van der Waals surface area contributed by atoms with Gasteiger partial charge in [-0.15, -0.1) is 0 Å². The average Bonchev–Trinajstić information content (AvgIpc) is 3.52. The summed E-state index contributed by atoms with van der Waals surface area (Å²) in [5, 5.41) is 13.1. The number of hydrogen-bond donors (Lipinski definition) is 3. The summed E-state index contributed by atoms with van der Waals surface area (Å²) in [6, 6.07) is 21.2. The van der Waals surface area contributed by atoms with Crippen molar-refractivity contribution in [3.63, 3.8) is 0 Å². The molecule has 0 saturated heterocycles. The second-order valence-corrected chi connectivity index (χ2v) is 11.7. The van der Waals surface area contributed by atoms with Crippen LogP contribution in [-0.2, 0) is 29.0 Å². The van der Waals surface area contributed by atoms with Gasteiger partial charge in [0.15, 0.2) is 0 Å². The van der Waals surface area contributed by atoms with E-state index in [0.29, 0.717) is 64.4 Å². The topological polar surface area (TPSA) is 123 Å². The molecule has 2 aromatic heterocycles. The van der Waals surface area contributed by atoms with Crippen molar-refractivity contribution < 1.29 is 37.7 Å². The smallest absolute Gasteiger partial charge is 0.326 e. The number of nitrogens with zero attached hydrogens (tertiary/aromatic N) is 1. The van der Waals surface area contributed by atoms with Crippen molar-refractivity contribution in [2.75, 3.05) is 20.8 Å². The molecule has 6 rings (SSSR count). The van der Waals surface area contributed by atoms with Crippen LogP contribution in [0.15, 0.2) is 85.1 Å². The van der Waals surface area contributed by atoms with Crippen LogP contribution in [0.25, 0.3) is 32.9 Å². The van der Waals surface area contributed by atoms with Gasteiger partial charge in [0.2, 0.25) is 0 Å². The van der Waals surface area contributed by atoms with Gasteiger partial charge in [0.1, 0.15) is 34.7 Å². The number of aliphatic carboxylic acids is 1. The van der Waals surface area contributed by atoms with Gasteiger partial charge < -0.3 is 29.6 Å². The molecule has 0 spiro atoms. The summed E-state index contributed by atoms with van der Waals surface area (Å²) in [7, 11) is 3.10. The van der Waals surface area contributed by atoms with Crippen LogP contribution in [0.3, 0.4) is 0 Å². The molecule has 1 atom stereocenters. The monoisotopic (exact) mass is 679 g/mol. The zero-order chi connectivity index (χ0) is 35.4. The highest BCUT2D eigenvalue weighted by atomic mass is 19.1. The van der Waals surface area contributed by atoms with Gasteiger partial charge in [0, 0.05) is 47.7 Å². The molecule has 1 amide bonds. The molecular formula is C39H35F2N3O6. The third-order valence-corrected chi connectivity index (χ3v) is 8.53. The summed E-state index contributed by atoms with van der Waals surface area (Å²) < 4.78 is 48.1. The highest BCUT2D eigenvalue weighted by molar-refractivity contribution is 6.02. The molecule has 0 fully saturated rings. The van der Waals surface area contributed by atoms with Crippen LogP contribution in [-0.4, -0.2) is 53.8 Å². The van der Waals surface area contributed by atoms with Gasteiger partial charge in [-0.2, -0.15) is 0 Å². The highest BCUT2D eigenvalue weighted by Crippen LogP contribution is 2.43. The third-order valence-electron chi connectivity index (χ3n) is 8.53. The Kier molecular flexibility index (Phi) is 10.1. The number of halogens is 2. The Balaban J connectivity index is 1.31. The molecule has 0 unspecified atom stereocenters. The number of carbonyl (C=O) groups is 2. The Morgan fingerprint density at radius 3 is 2.34 bits per heavy atom. The van der Waals surface area contributed by atoms with E-state index in [1.54, 1.807) is 44.7 Å². The number of fused-ring (bicyclic) bond motifs is 2. The third kappa shape index (κ3) is 6.85. The molecule has 0 bridgehead atoms. The van der Waals surface area contributed by atoms with Gasteiger partial charge in [-0.3, -0.25) is 9.78 Å². The van der Waals surface area contributed by atoms with Crippen LogP contribution in [0.2, 0.25) is 0 Å². The second kappa shape index (κ2) is 14.8.